The Kier molecular flexibility index (Phi) is 8.93. The summed E-state index contributed by atoms with van der Waals surface area (Å²) in [6.45, 7) is 12.3. The maximum Gasteiger partial charge on any atom is 0.312 e. The van der Waals surface area contributed by atoms with Gasteiger partial charge in [-0.05, 0) is 38.5 Å². The predicted octanol–water partition coefficient (Wildman–Crippen LogP) is 2.46. The molecule has 1 N–H and O–H groups in total. The van der Waals surface area contributed by atoms with E-state index in [0.29, 0.717) is 38.8 Å². The van der Waals surface area contributed by atoms with Crippen molar-refractivity contribution < 1.29 is 29.0 Å². The number of nitrogens with zero attached hydrogens (tertiary/aromatic N) is 2. The lowest BCUT2D eigenvalue weighted by Crippen LogP contribution is -2.58. The Bertz CT molecular complexity index is 781. The van der Waals surface area contributed by atoms with E-state index in [1.54, 1.807) is 17.1 Å². The van der Waals surface area contributed by atoms with Crippen molar-refractivity contribution in [2.45, 2.75) is 82.6 Å². The lowest BCUT2D eigenvalue weighted by atomic mass is 9.70. The summed E-state index contributed by atoms with van der Waals surface area (Å²) >= 11 is 0. The van der Waals surface area contributed by atoms with Gasteiger partial charge in [-0.25, -0.2) is 0 Å². The molecule has 34 heavy (non-hydrogen) atoms. The highest BCUT2D eigenvalue weighted by atomic mass is 16.6. The van der Waals surface area contributed by atoms with Gasteiger partial charge in [0.1, 0.15) is 11.6 Å². The van der Waals surface area contributed by atoms with E-state index < -0.39 is 41.6 Å². The van der Waals surface area contributed by atoms with Gasteiger partial charge >= 0.3 is 5.97 Å². The number of carbonyl (C=O) groups is 3. The van der Waals surface area contributed by atoms with E-state index in [1.165, 1.54) is 4.90 Å². The number of esters is 1. The summed E-state index contributed by atoms with van der Waals surface area (Å²) in [5.41, 5.74) is -1.07. The van der Waals surface area contributed by atoms with Crippen LogP contribution < -0.4 is 0 Å². The highest BCUT2D eigenvalue weighted by Crippen LogP contribution is 2.59. The van der Waals surface area contributed by atoms with Crippen molar-refractivity contribution >= 4 is 17.8 Å². The van der Waals surface area contributed by atoms with Crippen LogP contribution in [0.1, 0.15) is 58.8 Å². The maximum absolute atomic E-state index is 14.0. The number of hydrogen-bond donors (Lipinski definition) is 1. The SMILES string of the molecule is C=CCCCOC(=O)[C@@H]1[C@@H]2CCC3(O2)C(C(=O)N(CC=C)CCCC)N([C@@H](CC)CO)C(=O)[C@H]13. The predicted molar refractivity (Wildman–Crippen MR) is 128 cm³/mol. The second-order valence-corrected chi connectivity index (χ2v) is 9.57. The number of likely N-dealkylation sites (tertiary alicyclic amines) is 1. The average molecular weight is 477 g/mol. The summed E-state index contributed by atoms with van der Waals surface area (Å²) < 4.78 is 11.9. The van der Waals surface area contributed by atoms with Crippen LogP contribution in [0, 0.1) is 11.8 Å². The number of allylic oxidation sites excluding steroid dienone is 1. The van der Waals surface area contributed by atoms with Gasteiger partial charge < -0.3 is 24.4 Å². The van der Waals surface area contributed by atoms with Crippen molar-refractivity contribution in [1.82, 2.24) is 9.80 Å². The summed E-state index contributed by atoms with van der Waals surface area (Å²) in [5.74, 6) is -2.43. The Hall–Kier alpha value is -2.19. The number of fused-ring (bicyclic) bond motifs is 1. The summed E-state index contributed by atoms with van der Waals surface area (Å²) in [5, 5.41) is 10.1. The summed E-state index contributed by atoms with van der Waals surface area (Å²) in [6.07, 6.45) is 7.79. The fraction of sp³-hybridized carbons (Fsp3) is 0.731. The molecular formula is C26H40N2O6. The van der Waals surface area contributed by atoms with Crippen molar-refractivity contribution in [1.29, 1.82) is 0 Å². The Morgan fingerprint density at radius 1 is 1.32 bits per heavy atom. The first-order chi connectivity index (χ1) is 16.4. The van der Waals surface area contributed by atoms with Crippen LogP contribution in [0.4, 0.5) is 0 Å². The second-order valence-electron chi connectivity index (χ2n) is 9.57. The largest absolute Gasteiger partial charge is 0.465 e. The third-order valence-corrected chi connectivity index (χ3v) is 7.56. The van der Waals surface area contributed by atoms with Crippen molar-refractivity contribution in [3.05, 3.63) is 25.3 Å². The monoisotopic (exact) mass is 476 g/mol. The van der Waals surface area contributed by atoms with Gasteiger partial charge in [-0.15, -0.1) is 13.2 Å². The van der Waals surface area contributed by atoms with Gasteiger partial charge in [0, 0.05) is 13.1 Å². The molecule has 8 nitrogen and oxygen atoms in total. The minimum Gasteiger partial charge on any atom is -0.465 e. The fourth-order valence-electron chi connectivity index (χ4n) is 5.91. The second kappa shape index (κ2) is 11.5. The fourth-order valence-corrected chi connectivity index (χ4v) is 5.91. The summed E-state index contributed by atoms with van der Waals surface area (Å²) in [6, 6.07) is -1.40. The smallest absolute Gasteiger partial charge is 0.312 e. The Labute approximate surface area is 202 Å². The number of carbonyl (C=O) groups excluding carboxylic acids is 3. The molecule has 8 heteroatoms. The zero-order valence-corrected chi connectivity index (χ0v) is 20.6. The van der Waals surface area contributed by atoms with E-state index in [9.17, 15) is 19.5 Å². The molecule has 2 bridgehead atoms. The molecule has 3 heterocycles. The van der Waals surface area contributed by atoms with Crippen LogP contribution in [0.25, 0.3) is 0 Å². The molecule has 3 aliphatic rings. The zero-order chi connectivity index (χ0) is 24.9. The van der Waals surface area contributed by atoms with Crippen LogP contribution in [0.3, 0.4) is 0 Å². The molecular weight excluding hydrogens is 436 g/mol. The van der Waals surface area contributed by atoms with Crippen LogP contribution in [0.5, 0.6) is 0 Å². The molecule has 0 radical (unpaired) electrons. The molecule has 0 aromatic rings. The molecule has 2 amide bonds. The number of unbranched alkanes of at least 4 members (excludes halogenated alkanes) is 2. The first-order valence-corrected chi connectivity index (χ1v) is 12.7. The first kappa shape index (κ1) is 26.4. The van der Waals surface area contributed by atoms with Crippen LogP contribution in [-0.4, -0.2) is 82.8 Å². The number of ether oxygens (including phenoxy) is 2. The van der Waals surface area contributed by atoms with Gasteiger partial charge in [-0.1, -0.05) is 32.4 Å². The summed E-state index contributed by atoms with van der Waals surface area (Å²) in [4.78, 5) is 44.2. The highest BCUT2D eigenvalue weighted by Gasteiger charge is 2.75. The molecule has 0 aliphatic carbocycles. The Balaban J connectivity index is 1.96. The van der Waals surface area contributed by atoms with Gasteiger partial charge in [0.15, 0.2) is 0 Å². The molecule has 0 saturated carbocycles. The van der Waals surface area contributed by atoms with Crippen LogP contribution in [-0.2, 0) is 23.9 Å². The topological polar surface area (TPSA) is 96.4 Å². The van der Waals surface area contributed by atoms with Gasteiger partial charge in [-0.3, -0.25) is 14.4 Å². The molecule has 6 atom stereocenters. The van der Waals surface area contributed by atoms with Gasteiger partial charge in [0.2, 0.25) is 11.8 Å². The highest BCUT2D eigenvalue weighted by molar-refractivity contribution is 5.98. The third kappa shape index (κ3) is 4.54. The number of hydrogen-bond acceptors (Lipinski definition) is 6. The molecule has 3 aliphatic heterocycles. The zero-order valence-electron chi connectivity index (χ0n) is 20.6. The van der Waals surface area contributed by atoms with E-state index in [0.717, 1.165) is 19.3 Å². The molecule has 0 aromatic heterocycles. The number of rotatable bonds is 14. The molecule has 0 aromatic carbocycles. The number of aliphatic hydroxyl groups is 1. The summed E-state index contributed by atoms with van der Waals surface area (Å²) in [7, 11) is 0. The maximum atomic E-state index is 14.0. The van der Waals surface area contributed by atoms with E-state index in [4.69, 9.17) is 9.47 Å². The van der Waals surface area contributed by atoms with Crippen molar-refractivity contribution in [3.8, 4) is 0 Å². The lowest BCUT2D eigenvalue weighted by Gasteiger charge is -2.39. The normalized spacial score (nSPS) is 30.2. The molecule has 1 spiro atoms. The lowest BCUT2D eigenvalue weighted by molar-refractivity contribution is -0.156. The van der Waals surface area contributed by atoms with Gasteiger partial charge in [-0.2, -0.15) is 0 Å². The molecule has 2 unspecified atom stereocenters. The molecule has 3 saturated heterocycles. The van der Waals surface area contributed by atoms with Crippen LogP contribution in [0.2, 0.25) is 0 Å². The standard InChI is InChI=1S/C26H40N2O6/c1-5-9-11-16-33-25(32)20-19-12-13-26(34-19)21(20)23(30)28(18(8-4)17-29)22(26)24(31)27(14-7-3)15-10-6-2/h5,7,18-22,29H,1,3,6,8-17H2,2,4H3/t18-,19-,20+,21-,22?,26?/m0/s1. The van der Waals surface area contributed by atoms with Crippen LogP contribution in [0.15, 0.2) is 25.3 Å². The quantitative estimate of drug-likeness (QED) is 0.235. The van der Waals surface area contributed by atoms with Crippen LogP contribution >= 0.6 is 0 Å². The average Bonchev–Trinajstić information content (AvgIpc) is 3.48. The molecule has 3 fully saturated rings. The van der Waals surface area contributed by atoms with Gasteiger partial charge in [0.05, 0.1) is 37.2 Å². The van der Waals surface area contributed by atoms with E-state index in [2.05, 4.69) is 20.1 Å². The first-order valence-electron chi connectivity index (χ1n) is 12.7. The minimum atomic E-state index is -1.07. The third-order valence-electron chi connectivity index (χ3n) is 7.56. The van der Waals surface area contributed by atoms with Crippen molar-refractivity contribution in [2.75, 3.05) is 26.3 Å². The molecule has 3 rings (SSSR count). The van der Waals surface area contributed by atoms with E-state index in [1.807, 2.05) is 6.92 Å². The van der Waals surface area contributed by atoms with Crippen molar-refractivity contribution in [3.63, 3.8) is 0 Å². The van der Waals surface area contributed by atoms with Crippen molar-refractivity contribution in [2.24, 2.45) is 11.8 Å². The van der Waals surface area contributed by atoms with E-state index in [-0.39, 0.29) is 25.0 Å². The number of amides is 2. The van der Waals surface area contributed by atoms with E-state index >= 15 is 0 Å². The number of aliphatic hydroxyl groups excluding tert-OH is 1. The minimum absolute atomic E-state index is 0.197. The Morgan fingerprint density at radius 3 is 2.71 bits per heavy atom. The Morgan fingerprint density at radius 2 is 2.09 bits per heavy atom. The van der Waals surface area contributed by atoms with Gasteiger partial charge in [0.25, 0.3) is 0 Å². The molecule has 190 valence electrons.